The number of hydrogen-bond donors (Lipinski definition) is 1. The second-order valence-corrected chi connectivity index (χ2v) is 4.26. The first-order valence-corrected chi connectivity index (χ1v) is 5.37. The Morgan fingerprint density at radius 2 is 2.29 bits per heavy atom. The number of anilines is 1. The SMILES string of the molecule is Nc1ncc(-c2scnc2C2CC2)o1. The molecule has 0 aromatic carbocycles. The van der Waals surface area contributed by atoms with Crippen LogP contribution in [0.4, 0.5) is 6.01 Å². The Balaban J connectivity index is 2.06. The largest absolute Gasteiger partial charge is 0.423 e. The van der Waals surface area contributed by atoms with E-state index in [0.717, 1.165) is 16.3 Å². The van der Waals surface area contributed by atoms with E-state index in [0.29, 0.717) is 5.92 Å². The summed E-state index contributed by atoms with van der Waals surface area (Å²) in [4.78, 5) is 9.32. The van der Waals surface area contributed by atoms with Crippen LogP contribution in [-0.2, 0) is 0 Å². The topological polar surface area (TPSA) is 64.9 Å². The van der Waals surface area contributed by atoms with Crippen LogP contribution in [-0.4, -0.2) is 9.97 Å². The molecule has 0 radical (unpaired) electrons. The van der Waals surface area contributed by atoms with Gasteiger partial charge < -0.3 is 10.2 Å². The molecule has 1 saturated carbocycles. The molecule has 0 amide bonds. The molecule has 0 spiro atoms. The van der Waals surface area contributed by atoms with Crippen LogP contribution in [0.5, 0.6) is 0 Å². The third-order valence-electron chi connectivity index (χ3n) is 2.31. The van der Waals surface area contributed by atoms with Gasteiger partial charge in [-0.25, -0.2) is 9.97 Å². The van der Waals surface area contributed by atoms with Gasteiger partial charge in [0.15, 0.2) is 5.76 Å². The van der Waals surface area contributed by atoms with E-state index >= 15 is 0 Å². The lowest BCUT2D eigenvalue weighted by molar-refractivity contribution is 0.595. The number of nitrogens with two attached hydrogens (primary N) is 1. The van der Waals surface area contributed by atoms with Crippen molar-refractivity contribution in [2.45, 2.75) is 18.8 Å². The molecule has 3 rings (SSSR count). The van der Waals surface area contributed by atoms with Gasteiger partial charge in [-0.05, 0) is 12.8 Å². The van der Waals surface area contributed by atoms with Gasteiger partial charge in [-0.2, -0.15) is 0 Å². The zero-order chi connectivity index (χ0) is 9.54. The molecule has 5 heteroatoms. The smallest absolute Gasteiger partial charge is 0.292 e. The number of rotatable bonds is 2. The minimum atomic E-state index is 0.218. The van der Waals surface area contributed by atoms with E-state index in [2.05, 4.69) is 9.97 Å². The van der Waals surface area contributed by atoms with Crippen molar-refractivity contribution in [3.8, 4) is 10.6 Å². The predicted molar refractivity (Wildman–Crippen MR) is 54.0 cm³/mol. The molecule has 1 aliphatic carbocycles. The molecule has 2 aromatic rings. The van der Waals surface area contributed by atoms with E-state index in [9.17, 15) is 0 Å². The van der Waals surface area contributed by atoms with E-state index in [-0.39, 0.29) is 6.01 Å². The normalized spacial score (nSPS) is 16.0. The van der Waals surface area contributed by atoms with Crippen molar-refractivity contribution < 1.29 is 4.42 Å². The van der Waals surface area contributed by atoms with Gasteiger partial charge in [-0.15, -0.1) is 11.3 Å². The predicted octanol–water partition coefficient (Wildman–Crippen LogP) is 2.26. The van der Waals surface area contributed by atoms with Crippen LogP contribution in [0.15, 0.2) is 16.1 Å². The zero-order valence-electron chi connectivity index (χ0n) is 7.43. The molecule has 0 bridgehead atoms. The van der Waals surface area contributed by atoms with Gasteiger partial charge in [0.1, 0.15) is 0 Å². The van der Waals surface area contributed by atoms with Crippen LogP contribution in [0.3, 0.4) is 0 Å². The van der Waals surface area contributed by atoms with Crippen molar-refractivity contribution in [3.63, 3.8) is 0 Å². The summed E-state index contributed by atoms with van der Waals surface area (Å²) in [6.07, 6.45) is 4.13. The number of aromatic nitrogens is 2. The molecular formula is C9H9N3OS. The molecular weight excluding hydrogens is 198 g/mol. The summed E-state index contributed by atoms with van der Waals surface area (Å²) in [5.74, 6) is 1.37. The third kappa shape index (κ3) is 1.21. The quantitative estimate of drug-likeness (QED) is 0.820. The molecule has 0 atom stereocenters. The Labute approximate surface area is 84.8 Å². The Bertz CT molecular complexity index is 458. The van der Waals surface area contributed by atoms with Gasteiger partial charge in [0.05, 0.1) is 22.3 Å². The average molecular weight is 207 g/mol. The van der Waals surface area contributed by atoms with Crippen LogP contribution >= 0.6 is 11.3 Å². The fraction of sp³-hybridized carbons (Fsp3) is 0.333. The number of hydrogen-bond acceptors (Lipinski definition) is 5. The first kappa shape index (κ1) is 7.99. The molecule has 2 aromatic heterocycles. The summed E-state index contributed by atoms with van der Waals surface area (Å²) in [7, 11) is 0. The summed E-state index contributed by atoms with van der Waals surface area (Å²) in [5.41, 5.74) is 8.43. The monoisotopic (exact) mass is 207 g/mol. The van der Waals surface area contributed by atoms with Crippen LogP contribution < -0.4 is 5.73 Å². The van der Waals surface area contributed by atoms with Crippen LogP contribution in [0.2, 0.25) is 0 Å². The van der Waals surface area contributed by atoms with Gasteiger partial charge >= 0.3 is 0 Å². The van der Waals surface area contributed by atoms with E-state index in [1.807, 2.05) is 5.51 Å². The minimum Gasteiger partial charge on any atom is -0.423 e. The highest BCUT2D eigenvalue weighted by molar-refractivity contribution is 7.13. The number of nitrogen functional groups attached to an aromatic ring is 1. The van der Waals surface area contributed by atoms with Crippen molar-refractivity contribution in [1.29, 1.82) is 0 Å². The molecule has 2 heterocycles. The first-order valence-electron chi connectivity index (χ1n) is 4.49. The van der Waals surface area contributed by atoms with Crippen molar-refractivity contribution in [1.82, 2.24) is 9.97 Å². The van der Waals surface area contributed by atoms with Crippen molar-refractivity contribution >= 4 is 17.4 Å². The molecule has 1 fully saturated rings. The van der Waals surface area contributed by atoms with Crippen molar-refractivity contribution in [2.24, 2.45) is 0 Å². The van der Waals surface area contributed by atoms with Crippen LogP contribution in [0.25, 0.3) is 10.6 Å². The summed E-state index contributed by atoms with van der Waals surface area (Å²) < 4.78 is 5.28. The first-order chi connectivity index (χ1) is 6.84. The summed E-state index contributed by atoms with van der Waals surface area (Å²) in [5, 5.41) is 0. The highest BCUT2D eigenvalue weighted by Gasteiger charge is 2.29. The Morgan fingerprint density at radius 1 is 1.43 bits per heavy atom. The number of thiazole rings is 1. The molecule has 0 saturated heterocycles. The second kappa shape index (κ2) is 2.81. The lowest BCUT2D eigenvalue weighted by Gasteiger charge is -1.94. The Hall–Kier alpha value is -1.36. The maximum Gasteiger partial charge on any atom is 0.292 e. The minimum absolute atomic E-state index is 0.218. The lowest BCUT2D eigenvalue weighted by atomic mass is 10.2. The van der Waals surface area contributed by atoms with Gasteiger partial charge in [-0.1, -0.05) is 0 Å². The van der Waals surface area contributed by atoms with Crippen molar-refractivity contribution in [3.05, 3.63) is 17.4 Å². The summed E-state index contributed by atoms with van der Waals surface area (Å²) in [6, 6.07) is 0.218. The standard InChI is InChI=1S/C9H9N3OS/c10-9-11-3-6(13-9)8-7(5-1-2-5)12-4-14-8/h3-5H,1-2H2,(H2,10,11). The van der Waals surface area contributed by atoms with Gasteiger partial charge in [0.2, 0.25) is 0 Å². The number of nitrogens with zero attached hydrogens (tertiary/aromatic N) is 2. The summed E-state index contributed by atoms with van der Waals surface area (Å²) in [6.45, 7) is 0. The third-order valence-corrected chi connectivity index (χ3v) is 3.16. The fourth-order valence-corrected chi connectivity index (χ4v) is 2.30. The maximum absolute atomic E-state index is 5.43. The molecule has 14 heavy (non-hydrogen) atoms. The van der Waals surface area contributed by atoms with E-state index < -0.39 is 0 Å². The maximum atomic E-state index is 5.43. The fourth-order valence-electron chi connectivity index (χ4n) is 1.48. The van der Waals surface area contributed by atoms with Crippen molar-refractivity contribution in [2.75, 3.05) is 5.73 Å². The Morgan fingerprint density at radius 3 is 2.93 bits per heavy atom. The molecule has 72 valence electrons. The highest BCUT2D eigenvalue weighted by atomic mass is 32.1. The molecule has 2 N–H and O–H groups in total. The molecule has 0 unspecified atom stereocenters. The van der Waals surface area contributed by atoms with Crippen LogP contribution in [0, 0.1) is 0 Å². The molecule has 4 nitrogen and oxygen atoms in total. The average Bonchev–Trinajstić information content (AvgIpc) is 2.75. The highest BCUT2D eigenvalue weighted by Crippen LogP contribution is 2.45. The van der Waals surface area contributed by atoms with E-state index in [4.69, 9.17) is 10.2 Å². The molecule has 0 aliphatic heterocycles. The van der Waals surface area contributed by atoms with Gasteiger partial charge in [-0.3, -0.25) is 0 Å². The lowest BCUT2D eigenvalue weighted by Crippen LogP contribution is -1.82. The van der Waals surface area contributed by atoms with Crippen LogP contribution in [0.1, 0.15) is 24.5 Å². The van der Waals surface area contributed by atoms with E-state index in [1.165, 1.54) is 12.8 Å². The zero-order valence-corrected chi connectivity index (χ0v) is 8.25. The van der Waals surface area contributed by atoms with Gasteiger partial charge in [0.25, 0.3) is 6.01 Å². The molecule has 1 aliphatic rings. The Kier molecular flexibility index (Phi) is 1.61. The number of oxazole rings is 1. The van der Waals surface area contributed by atoms with E-state index in [1.54, 1.807) is 17.5 Å². The summed E-state index contributed by atoms with van der Waals surface area (Å²) >= 11 is 1.58. The van der Waals surface area contributed by atoms with Gasteiger partial charge in [0, 0.05) is 5.92 Å². The second-order valence-electron chi connectivity index (χ2n) is 3.40.